The van der Waals surface area contributed by atoms with E-state index in [0.717, 1.165) is 14.3 Å². The summed E-state index contributed by atoms with van der Waals surface area (Å²) in [5.41, 5.74) is 0.967. The highest BCUT2D eigenvalue weighted by Crippen LogP contribution is 2.33. The number of sulfonamides is 1. The predicted molar refractivity (Wildman–Crippen MR) is 149 cm³/mol. The van der Waals surface area contributed by atoms with E-state index in [0.29, 0.717) is 5.75 Å². The Morgan fingerprint density at radius 1 is 0.947 bits per heavy atom. The largest absolute Gasteiger partial charge is 0.497 e. The second kappa shape index (κ2) is 12.8. The topological polar surface area (TPSA) is 105 Å². The smallest absolute Gasteiger partial charge is 0.264 e. The van der Waals surface area contributed by atoms with Crippen molar-refractivity contribution in [2.45, 2.75) is 24.4 Å². The van der Waals surface area contributed by atoms with Crippen molar-refractivity contribution in [3.8, 4) is 11.5 Å². The van der Waals surface area contributed by atoms with Crippen LogP contribution >= 0.6 is 15.9 Å². The van der Waals surface area contributed by atoms with E-state index in [4.69, 9.17) is 9.47 Å². The van der Waals surface area contributed by atoms with Crippen LogP contribution in [-0.4, -0.2) is 59.0 Å². The van der Waals surface area contributed by atoms with Gasteiger partial charge in [-0.25, -0.2) is 8.42 Å². The second-order valence-electron chi connectivity index (χ2n) is 8.30. The maximum Gasteiger partial charge on any atom is 0.264 e. The molecule has 0 radical (unpaired) electrons. The summed E-state index contributed by atoms with van der Waals surface area (Å²) < 4.78 is 40.2. The number of amides is 2. The Morgan fingerprint density at radius 2 is 1.58 bits per heavy atom. The van der Waals surface area contributed by atoms with Crippen LogP contribution in [0.2, 0.25) is 0 Å². The minimum Gasteiger partial charge on any atom is -0.497 e. The summed E-state index contributed by atoms with van der Waals surface area (Å²) in [6.45, 7) is 1.14. The van der Waals surface area contributed by atoms with Crippen molar-refractivity contribution in [3.05, 3.63) is 82.8 Å². The number of halogens is 1. The standard InChI is InChI=1S/C27H30BrN3O6S/c1-19(27(33)29-2)30(17-20-9-11-21(28)12-10-20)26(32)18-31(24-7-5-6-8-25(24)37-4)38(34,35)23-15-13-22(36-3)14-16-23/h5-16,19H,17-18H2,1-4H3,(H,29,33)/t19-/m0/s1. The molecule has 0 bridgehead atoms. The summed E-state index contributed by atoms with van der Waals surface area (Å²) in [4.78, 5) is 27.7. The van der Waals surface area contributed by atoms with E-state index < -0.39 is 28.5 Å². The van der Waals surface area contributed by atoms with E-state index in [9.17, 15) is 18.0 Å². The highest BCUT2D eigenvalue weighted by molar-refractivity contribution is 9.10. The molecule has 0 aliphatic rings. The number of hydrogen-bond donors (Lipinski definition) is 1. The minimum absolute atomic E-state index is 0.0317. The van der Waals surface area contributed by atoms with Crippen molar-refractivity contribution >= 4 is 43.5 Å². The molecule has 0 aliphatic carbocycles. The molecule has 3 rings (SSSR count). The molecule has 11 heteroatoms. The van der Waals surface area contributed by atoms with Crippen molar-refractivity contribution < 1.29 is 27.5 Å². The molecule has 3 aromatic carbocycles. The Labute approximate surface area is 231 Å². The lowest BCUT2D eigenvalue weighted by Crippen LogP contribution is -2.50. The fraction of sp³-hybridized carbons (Fsp3) is 0.259. The molecule has 0 fully saturated rings. The number of benzene rings is 3. The van der Waals surface area contributed by atoms with Crippen molar-refractivity contribution in [2.24, 2.45) is 0 Å². The molecule has 1 atom stereocenters. The highest BCUT2D eigenvalue weighted by atomic mass is 79.9. The monoisotopic (exact) mass is 603 g/mol. The van der Waals surface area contributed by atoms with E-state index in [-0.39, 0.29) is 28.8 Å². The third-order valence-corrected chi connectivity index (χ3v) is 8.26. The van der Waals surface area contributed by atoms with Gasteiger partial charge in [0.25, 0.3) is 10.0 Å². The lowest BCUT2D eigenvalue weighted by atomic mass is 10.1. The average Bonchev–Trinajstić information content (AvgIpc) is 2.94. The molecule has 0 spiro atoms. The van der Waals surface area contributed by atoms with Gasteiger partial charge in [-0.1, -0.05) is 40.2 Å². The van der Waals surface area contributed by atoms with Gasteiger partial charge in [-0.2, -0.15) is 0 Å². The number of para-hydroxylation sites is 2. The number of hydrogen-bond acceptors (Lipinski definition) is 6. The van der Waals surface area contributed by atoms with Crippen molar-refractivity contribution in [3.63, 3.8) is 0 Å². The first-order chi connectivity index (χ1) is 18.1. The molecule has 1 N–H and O–H groups in total. The summed E-state index contributed by atoms with van der Waals surface area (Å²) in [5, 5.41) is 2.56. The van der Waals surface area contributed by atoms with Crippen molar-refractivity contribution in [1.82, 2.24) is 10.2 Å². The molecule has 202 valence electrons. The zero-order valence-electron chi connectivity index (χ0n) is 21.5. The first-order valence-electron chi connectivity index (χ1n) is 11.7. The van der Waals surface area contributed by atoms with Gasteiger partial charge in [0.05, 0.1) is 24.8 Å². The van der Waals surface area contributed by atoms with E-state index in [1.165, 1.54) is 50.4 Å². The Hall–Kier alpha value is -3.57. The van der Waals surface area contributed by atoms with E-state index in [1.54, 1.807) is 31.2 Å². The number of likely N-dealkylation sites (N-methyl/N-ethyl adjacent to an activating group) is 1. The van der Waals surface area contributed by atoms with Gasteiger partial charge in [0.1, 0.15) is 24.1 Å². The van der Waals surface area contributed by atoms with Crippen LogP contribution in [0, 0.1) is 0 Å². The van der Waals surface area contributed by atoms with Gasteiger partial charge in [-0.15, -0.1) is 0 Å². The maximum atomic E-state index is 13.9. The van der Waals surface area contributed by atoms with Gasteiger partial charge in [0, 0.05) is 18.1 Å². The fourth-order valence-corrected chi connectivity index (χ4v) is 5.49. The first kappa shape index (κ1) is 29.0. The molecular weight excluding hydrogens is 574 g/mol. The molecule has 0 saturated carbocycles. The summed E-state index contributed by atoms with van der Waals surface area (Å²) in [7, 11) is 0.162. The van der Waals surface area contributed by atoms with Gasteiger partial charge in [0.15, 0.2) is 0 Å². The summed E-state index contributed by atoms with van der Waals surface area (Å²) >= 11 is 3.39. The second-order valence-corrected chi connectivity index (χ2v) is 11.1. The summed E-state index contributed by atoms with van der Waals surface area (Å²) in [6, 6.07) is 18.9. The first-order valence-corrected chi connectivity index (χ1v) is 13.9. The Kier molecular flexibility index (Phi) is 9.76. The number of carbonyl (C=O) groups excluding carboxylic acids is 2. The zero-order chi connectivity index (χ0) is 27.9. The van der Waals surface area contributed by atoms with Gasteiger partial charge in [-0.05, 0) is 61.0 Å². The minimum atomic E-state index is -4.23. The number of methoxy groups -OCH3 is 2. The number of ether oxygens (including phenoxy) is 2. The number of rotatable bonds is 11. The van der Waals surface area contributed by atoms with E-state index in [2.05, 4.69) is 21.2 Å². The third-order valence-electron chi connectivity index (χ3n) is 5.96. The molecule has 2 amide bonds. The van der Waals surface area contributed by atoms with E-state index >= 15 is 0 Å². The van der Waals surface area contributed by atoms with Crippen LogP contribution in [-0.2, 0) is 26.2 Å². The molecule has 38 heavy (non-hydrogen) atoms. The normalized spacial score (nSPS) is 11.8. The van der Waals surface area contributed by atoms with Crippen molar-refractivity contribution in [2.75, 3.05) is 32.1 Å². The molecular formula is C27H30BrN3O6S. The number of nitrogens with zero attached hydrogens (tertiary/aromatic N) is 2. The molecule has 9 nitrogen and oxygen atoms in total. The Balaban J connectivity index is 2.06. The van der Waals surface area contributed by atoms with Crippen molar-refractivity contribution in [1.29, 1.82) is 0 Å². The van der Waals surface area contributed by atoms with Crippen LogP contribution in [0.15, 0.2) is 82.2 Å². The van der Waals surface area contributed by atoms with Gasteiger partial charge in [-0.3, -0.25) is 13.9 Å². The van der Waals surface area contributed by atoms with Gasteiger partial charge < -0.3 is 19.7 Å². The Bertz CT molecular complexity index is 1360. The Morgan fingerprint density at radius 3 is 2.16 bits per heavy atom. The highest BCUT2D eigenvalue weighted by Gasteiger charge is 2.33. The van der Waals surface area contributed by atoms with E-state index in [1.807, 2.05) is 24.3 Å². The molecule has 3 aromatic rings. The summed E-state index contributed by atoms with van der Waals surface area (Å²) in [6.07, 6.45) is 0. The maximum absolute atomic E-state index is 13.9. The lowest BCUT2D eigenvalue weighted by molar-refractivity contribution is -0.139. The number of nitrogens with one attached hydrogen (secondary N) is 1. The fourth-order valence-electron chi connectivity index (χ4n) is 3.80. The SMILES string of the molecule is CNC(=O)[C@H](C)N(Cc1ccc(Br)cc1)C(=O)CN(c1ccccc1OC)S(=O)(=O)c1ccc(OC)cc1. The molecule has 0 saturated heterocycles. The van der Waals surface area contributed by atoms with Gasteiger partial charge in [0.2, 0.25) is 11.8 Å². The number of carbonyl (C=O) groups is 2. The third kappa shape index (κ3) is 6.65. The van der Waals surface area contributed by atoms with Crippen LogP contribution < -0.4 is 19.1 Å². The molecule has 0 aliphatic heterocycles. The quantitative estimate of drug-likeness (QED) is 0.357. The van der Waals surface area contributed by atoms with Gasteiger partial charge >= 0.3 is 0 Å². The summed E-state index contributed by atoms with van der Waals surface area (Å²) in [5.74, 6) is -0.176. The predicted octanol–water partition coefficient (Wildman–Crippen LogP) is 3.82. The molecule has 0 aromatic heterocycles. The molecule has 0 unspecified atom stereocenters. The average molecular weight is 605 g/mol. The van der Waals surface area contributed by atoms with Crippen LogP contribution in [0.25, 0.3) is 0 Å². The number of anilines is 1. The lowest BCUT2D eigenvalue weighted by Gasteiger charge is -2.32. The molecule has 0 heterocycles. The van der Waals surface area contributed by atoms with Crippen LogP contribution in [0.4, 0.5) is 5.69 Å². The zero-order valence-corrected chi connectivity index (χ0v) is 24.0. The van der Waals surface area contributed by atoms with Crippen LogP contribution in [0.1, 0.15) is 12.5 Å². The van der Waals surface area contributed by atoms with Crippen LogP contribution in [0.3, 0.4) is 0 Å². The van der Waals surface area contributed by atoms with Crippen LogP contribution in [0.5, 0.6) is 11.5 Å².